The Morgan fingerprint density at radius 1 is 1.33 bits per heavy atom. The molecule has 0 aliphatic carbocycles. The Balaban J connectivity index is 1.45. The summed E-state index contributed by atoms with van der Waals surface area (Å²) >= 11 is 1.76. The molecule has 2 aliphatic heterocycles. The number of hydrogen-bond donors (Lipinski definition) is 2. The summed E-state index contributed by atoms with van der Waals surface area (Å²) in [5.41, 5.74) is 0. The Hall–Kier alpha value is -2.29. The van der Waals surface area contributed by atoms with Gasteiger partial charge in [-0.1, -0.05) is 0 Å². The van der Waals surface area contributed by atoms with Crippen molar-refractivity contribution in [2.75, 3.05) is 57.8 Å². The molecule has 1 aromatic heterocycles. The molecule has 2 aliphatic rings. The average Bonchev–Trinajstić information content (AvgIpc) is 3.24. The zero-order chi connectivity index (χ0) is 16.9. The maximum absolute atomic E-state index is 11.5. The molecule has 0 aromatic carbocycles. The Morgan fingerprint density at radius 2 is 2.12 bits per heavy atom. The second-order valence-corrected chi connectivity index (χ2v) is 6.53. The molecular weight excluding hydrogens is 328 g/mol. The van der Waals surface area contributed by atoms with Crippen molar-refractivity contribution >= 4 is 34.2 Å². The van der Waals surface area contributed by atoms with Gasteiger partial charge < -0.3 is 20.4 Å². The Bertz CT molecular complexity index is 593. The van der Waals surface area contributed by atoms with Crippen molar-refractivity contribution in [1.29, 1.82) is 0 Å². The molecule has 3 amide bonds. The third kappa shape index (κ3) is 3.61. The van der Waals surface area contributed by atoms with E-state index in [1.165, 1.54) is 9.90 Å². The van der Waals surface area contributed by atoms with Gasteiger partial charge in [0.15, 0.2) is 5.96 Å². The highest BCUT2D eigenvalue weighted by atomic mass is 32.1. The van der Waals surface area contributed by atoms with E-state index in [0.717, 1.165) is 32.1 Å². The van der Waals surface area contributed by atoms with E-state index in [2.05, 4.69) is 42.9 Å². The number of aliphatic imine (C=N–C) groups is 1. The van der Waals surface area contributed by atoms with Gasteiger partial charge in [-0.25, -0.2) is 4.79 Å². The number of urea groups is 1. The van der Waals surface area contributed by atoms with Crippen LogP contribution < -0.4 is 15.5 Å². The van der Waals surface area contributed by atoms with Crippen LogP contribution in [0.1, 0.15) is 0 Å². The lowest BCUT2D eigenvalue weighted by molar-refractivity contribution is -0.124. The Morgan fingerprint density at radius 3 is 2.71 bits per heavy atom. The van der Waals surface area contributed by atoms with Crippen molar-refractivity contribution < 1.29 is 9.59 Å². The van der Waals surface area contributed by atoms with Gasteiger partial charge in [-0.3, -0.25) is 14.7 Å². The minimum atomic E-state index is -0.318. The molecule has 24 heavy (non-hydrogen) atoms. The summed E-state index contributed by atoms with van der Waals surface area (Å²) in [6, 6.07) is 3.90. The molecule has 3 heterocycles. The van der Waals surface area contributed by atoms with Gasteiger partial charge in [-0.2, -0.15) is 0 Å². The van der Waals surface area contributed by atoms with Gasteiger partial charge in [0.25, 0.3) is 0 Å². The molecule has 2 N–H and O–H groups in total. The smallest absolute Gasteiger partial charge is 0.324 e. The van der Waals surface area contributed by atoms with Gasteiger partial charge in [0, 0.05) is 46.3 Å². The van der Waals surface area contributed by atoms with Gasteiger partial charge in [-0.05, 0) is 17.5 Å². The summed E-state index contributed by atoms with van der Waals surface area (Å²) in [6.45, 7) is 4.62. The summed E-state index contributed by atoms with van der Waals surface area (Å²) in [6.07, 6.45) is 0. The van der Waals surface area contributed by atoms with Gasteiger partial charge in [-0.15, -0.1) is 11.3 Å². The van der Waals surface area contributed by atoms with E-state index in [0.29, 0.717) is 13.1 Å². The Labute approximate surface area is 145 Å². The standard InChI is InChI=1S/C15H22N6O2S/c1-16-14(17-4-5-21-12(22)11-18-15(21)23)20-8-6-19(7-9-20)13-3-2-10-24-13/h2-3,10H,4-9,11H2,1H3,(H,16,17)(H,18,23). The highest BCUT2D eigenvalue weighted by Crippen LogP contribution is 2.22. The number of piperazine rings is 1. The monoisotopic (exact) mass is 350 g/mol. The molecule has 3 rings (SSSR count). The van der Waals surface area contributed by atoms with Gasteiger partial charge >= 0.3 is 6.03 Å². The fourth-order valence-electron chi connectivity index (χ4n) is 2.88. The lowest BCUT2D eigenvalue weighted by atomic mass is 10.3. The summed E-state index contributed by atoms with van der Waals surface area (Å²) in [4.78, 5) is 33.2. The van der Waals surface area contributed by atoms with Crippen molar-refractivity contribution in [3.8, 4) is 0 Å². The fraction of sp³-hybridized carbons (Fsp3) is 0.533. The number of imide groups is 1. The van der Waals surface area contributed by atoms with Crippen LogP contribution in [0.15, 0.2) is 22.5 Å². The summed E-state index contributed by atoms with van der Waals surface area (Å²) < 4.78 is 0. The third-order valence-electron chi connectivity index (χ3n) is 4.16. The van der Waals surface area contributed by atoms with Crippen molar-refractivity contribution in [3.63, 3.8) is 0 Å². The van der Waals surface area contributed by atoms with Crippen LogP contribution in [0, 0.1) is 0 Å². The summed E-state index contributed by atoms with van der Waals surface area (Å²) in [7, 11) is 1.75. The van der Waals surface area contributed by atoms with E-state index in [4.69, 9.17) is 0 Å². The number of amides is 3. The number of anilines is 1. The van der Waals surface area contributed by atoms with E-state index >= 15 is 0 Å². The molecule has 1 aromatic rings. The minimum absolute atomic E-state index is 0.0955. The number of guanidine groups is 1. The predicted molar refractivity (Wildman–Crippen MR) is 94.6 cm³/mol. The van der Waals surface area contributed by atoms with E-state index < -0.39 is 0 Å². The van der Waals surface area contributed by atoms with Crippen LogP contribution in [-0.4, -0.2) is 80.6 Å². The maximum Gasteiger partial charge on any atom is 0.324 e. The van der Waals surface area contributed by atoms with E-state index in [-0.39, 0.29) is 18.5 Å². The third-order valence-corrected chi connectivity index (χ3v) is 5.09. The van der Waals surface area contributed by atoms with E-state index in [9.17, 15) is 9.59 Å². The van der Waals surface area contributed by atoms with Crippen LogP contribution in [0.3, 0.4) is 0 Å². The fourth-order valence-corrected chi connectivity index (χ4v) is 3.67. The number of rotatable bonds is 4. The van der Waals surface area contributed by atoms with Gasteiger partial charge in [0.05, 0.1) is 11.5 Å². The Kier molecular flexibility index (Phi) is 5.19. The van der Waals surface area contributed by atoms with Gasteiger partial charge in [0.1, 0.15) is 0 Å². The number of nitrogens with zero attached hydrogens (tertiary/aromatic N) is 4. The molecule has 2 fully saturated rings. The second kappa shape index (κ2) is 7.52. The average molecular weight is 350 g/mol. The highest BCUT2D eigenvalue weighted by Gasteiger charge is 2.28. The molecule has 0 radical (unpaired) electrons. The number of hydrogen-bond acceptors (Lipinski definition) is 5. The normalized spacial score (nSPS) is 19.0. The van der Waals surface area contributed by atoms with Crippen molar-refractivity contribution in [2.24, 2.45) is 4.99 Å². The molecule has 0 bridgehead atoms. The zero-order valence-corrected chi connectivity index (χ0v) is 14.5. The molecule has 9 heteroatoms. The number of carbonyl (C=O) groups is 2. The number of thiophene rings is 1. The largest absolute Gasteiger partial charge is 0.360 e. The SMILES string of the molecule is CN=C(NCCN1C(=O)CNC1=O)N1CCN(c2cccs2)CC1. The number of nitrogens with one attached hydrogen (secondary N) is 2. The predicted octanol–water partition coefficient (Wildman–Crippen LogP) is -0.00270. The quantitative estimate of drug-likeness (QED) is 0.454. The first-order valence-corrected chi connectivity index (χ1v) is 8.89. The van der Waals surface area contributed by atoms with E-state index in [1.807, 2.05) is 0 Å². The molecule has 0 spiro atoms. The number of carbonyl (C=O) groups excluding carboxylic acids is 2. The molecule has 2 saturated heterocycles. The molecular formula is C15H22N6O2S. The van der Waals surface area contributed by atoms with Crippen LogP contribution in [0.2, 0.25) is 0 Å². The van der Waals surface area contributed by atoms with E-state index in [1.54, 1.807) is 18.4 Å². The maximum atomic E-state index is 11.5. The molecule has 0 unspecified atom stereocenters. The lowest BCUT2D eigenvalue weighted by Gasteiger charge is -2.37. The summed E-state index contributed by atoms with van der Waals surface area (Å²) in [5.74, 6) is 0.634. The van der Waals surface area contributed by atoms with Crippen LogP contribution in [0.25, 0.3) is 0 Å². The van der Waals surface area contributed by atoms with Crippen molar-refractivity contribution in [1.82, 2.24) is 20.4 Å². The summed E-state index contributed by atoms with van der Waals surface area (Å²) in [5, 5.41) is 9.16. The van der Waals surface area contributed by atoms with Crippen LogP contribution >= 0.6 is 11.3 Å². The molecule has 130 valence electrons. The van der Waals surface area contributed by atoms with Crippen molar-refractivity contribution in [3.05, 3.63) is 17.5 Å². The first-order chi connectivity index (χ1) is 11.7. The van der Waals surface area contributed by atoms with Gasteiger partial charge in [0.2, 0.25) is 5.91 Å². The molecule has 8 nitrogen and oxygen atoms in total. The lowest BCUT2D eigenvalue weighted by Crippen LogP contribution is -2.53. The molecule has 0 atom stereocenters. The van der Waals surface area contributed by atoms with Crippen LogP contribution in [0.4, 0.5) is 9.80 Å². The minimum Gasteiger partial charge on any atom is -0.360 e. The topological polar surface area (TPSA) is 80.3 Å². The second-order valence-electron chi connectivity index (χ2n) is 5.60. The first-order valence-electron chi connectivity index (χ1n) is 8.01. The highest BCUT2D eigenvalue weighted by molar-refractivity contribution is 7.14. The van der Waals surface area contributed by atoms with Crippen LogP contribution in [0.5, 0.6) is 0 Å². The first kappa shape index (κ1) is 16.6. The van der Waals surface area contributed by atoms with Crippen LogP contribution in [-0.2, 0) is 4.79 Å². The zero-order valence-electron chi connectivity index (χ0n) is 13.7. The van der Waals surface area contributed by atoms with Crippen molar-refractivity contribution in [2.45, 2.75) is 0 Å². The molecule has 0 saturated carbocycles.